The van der Waals surface area contributed by atoms with Crippen LogP contribution in [-0.4, -0.2) is 48.9 Å². The number of hydrogen-bond donors (Lipinski definition) is 2. The molecule has 6 heteroatoms. The standard InChI is InChI=1S/C19H24N4O2/c1-13-9-14(2)11-16(10-13)22-19(25)17-12-15(5-6-20-17)18(24)21-7-8-23(3)4/h5-6,9-12H,7-8H2,1-4H3,(H,21,24)(H,22,25). The van der Waals surface area contributed by atoms with Gasteiger partial charge in [-0.15, -0.1) is 0 Å². The molecule has 0 aliphatic rings. The molecule has 0 spiro atoms. The number of rotatable bonds is 6. The average Bonchev–Trinajstić information content (AvgIpc) is 2.53. The Morgan fingerprint density at radius 3 is 2.36 bits per heavy atom. The number of aryl methyl sites for hydroxylation is 2. The van der Waals surface area contributed by atoms with Gasteiger partial charge in [0, 0.05) is 30.5 Å². The van der Waals surface area contributed by atoms with E-state index < -0.39 is 0 Å². The number of amides is 2. The molecular formula is C19H24N4O2. The van der Waals surface area contributed by atoms with E-state index in [0.717, 1.165) is 17.7 Å². The second-order valence-corrected chi connectivity index (χ2v) is 6.32. The first-order valence-electron chi connectivity index (χ1n) is 8.14. The van der Waals surface area contributed by atoms with Crippen molar-refractivity contribution in [3.8, 4) is 0 Å². The predicted octanol–water partition coefficient (Wildman–Crippen LogP) is 2.24. The van der Waals surface area contributed by atoms with Crippen molar-refractivity contribution in [2.75, 3.05) is 32.5 Å². The molecular weight excluding hydrogens is 316 g/mol. The number of anilines is 1. The highest BCUT2D eigenvalue weighted by Crippen LogP contribution is 2.15. The summed E-state index contributed by atoms with van der Waals surface area (Å²) >= 11 is 0. The maximum Gasteiger partial charge on any atom is 0.274 e. The molecule has 1 heterocycles. The van der Waals surface area contributed by atoms with E-state index in [1.165, 1.54) is 12.3 Å². The number of nitrogens with one attached hydrogen (secondary N) is 2. The van der Waals surface area contributed by atoms with Crippen molar-refractivity contribution < 1.29 is 9.59 Å². The first-order valence-corrected chi connectivity index (χ1v) is 8.14. The van der Waals surface area contributed by atoms with E-state index in [-0.39, 0.29) is 17.5 Å². The van der Waals surface area contributed by atoms with Gasteiger partial charge in [0.2, 0.25) is 0 Å². The second kappa shape index (κ2) is 8.39. The Morgan fingerprint density at radius 2 is 1.72 bits per heavy atom. The Labute approximate surface area is 148 Å². The van der Waals surface area contributed by atoms with E-state index in [9.17, 15) is 9.59 Å². The van der Waals surface area contributed by atoms with Gasteiger partial charge >= 0.3 is 0 Å². The molecule has 0 unspecified atom stereocenters. The minimum atomic E-state index is -0.340. The summed E-state index contributed by atoms with van der Waals surface area (Å²) in [7, 11) is 3.88. The first-order chi connectivity index (χ1) is 11.8. The summed E-state index contributed by atoms with van der Waals surface area (Å²) in [4.78, 5) is 30.6. The highest BCUT2D eigenvalue weighted by Gasteiger charge is 2.12. The Morgan fingerprint density at radius 1 is 1.04 bits per heavy atom. The Balaban J connectivity index is 2.06. The Bertz CT molecular complexity index is 752. The molecule has 0 saturated heterocycles. The van der Waals surface area contributed by atoms with Crippen molar-refractivity contribution in [3.05, 3.63) is 58.9 Å². The lowest BCUT2D eigenvalue weighted by atomic mass is 10.1. The summed E-state index contributed by atoms with van der Waals surface area (Å²) in [6.45, 7) is 5.23. The molecule has 1 aromatic heterocycles. The minimum absolute atomic E-state index is 0.208. The molecule has 0 saturated carbocycles. The highest BCUT2D eigenvalue weighted by molar-refractivity contribution is 6.04. The van der Waals surface area contributed by atoms with Gasteiger partial charge in [0.15, 0.2) is 0 Å². The number of pyridine rings is 1. The summed E-state index contributed by atoms with van der Waals surface area (Å²) in [5.41, 5.74) is 3.47. The maximum absolute atomic E-state index is 12.4. The lowest BCUT2D eigenvalue weighted by Crippen LogP contribution is -2.31. The van der Waals surface area contributed by atoms with Crippen LogP contribution in [0.4, 0.5) is 5.69 Å². The Kier molecular flexibility index (Phi) is 6.25. The number of carbonyl (C=O) groups is 2. The first kappa shape index (κ1) is 18.6. The molecule has 0 aliphatic carbocycles. The van der Waals surface area contributed by atoms with Crippen molar-refractivity contribution in [2.45, 2.75) is 13.8 Å². The quantitative estimate of drug-likeness (QED) is 0.846. The highest BCUT2D eigenvalue weighted by atomic mass is 16.2. The number of benzene rings is 1. The van der Waals surface area contributed by atoms with Crippen LogP contribution in [0.25, 0.3) is 0 Å². The zero-order valence-corrected chi connectivity index (χ0v) is 15.1. The predicted molar refractivity (Wildman–Crippen MR) is 99.0 cm³/mol. The van der Waals surface area contributed by atoms with Gasteiger partial charge in [0.1, 0.15) is 5.69 Å². The van der Waals surface area contributed by atoms with Gasteiger partial charge < -0.3 is 15.5 Å². The molecule has 6 nitrogen and oxygen atoms in total. The van der Waals surface area contributed by atoms with Crippen molar-refractivity contribution in [1.29, 1.82) is 0 Å². The van der Waals surface area contributed by atoms with E-state index >= 15 is 0 Å². The third kappa shape index (κ3) is 5.69. The van der Waals surface area contributed by atoms with E-state index in [0.29, 0.717) is 17.8 Å². The third-order valence-corrected chi connectivity index (χ3v) is 3.58. The third-order valence-electron chi connectivity index (χ3n) is 3.58. The van der Waals surface area contributed by atoms with Gasteiger partial charge in [-0.3, -0.25) is 14.6 Å². The monoisotopic (exact) mass is 340 g/mol. The van der Waals surface area contributed by atoms with Crippen LogP contribution in [0, 0.1) is 13.8 Å². The van der Waals surface area contributed by atoms with Gasteiger partial charge in [0.25, 0.3) is 11.8 Å². The van der Waals surface area contributed by atoms with Crippen LogP contribution in [-0.2, 0) is 0 Å². The molecule has 0 atom stereocenters. The topological polar surface area (TPSA) is 74.3 Å². The zero-order chi connectivity index (χ0) is 18.4. The maximum atomic E-state index is 12.4. The van der Waals surface area contributed by atoms with Crippen LogP contribution < -0.4 is 10.6 Å². The smallest absolute Gasteiger partial charge is 0.274 e. The van der Waals surface area contributed by atoms with Crippen LogP contribution in [0.2, 0.25) is 0 Å². The fourth-order valence-corrected chi connectivity index (χ4v) is 2.43. The number of aromatic nitrogens is 1. The lowest BCUT2D eigenvalue weighted by Gasteiger charge is -2.11. The van der Waals surface area contributed by atoms with E-state index in [4.69, 9.17) is 0 Å². The van der Waals surface area contributed by atoms with Gasteiger partial charge in [0.05, 0.1) is 0 Å². The summed E-state index contributed by atoms with van der Waals surface area (Å²) in [5, 5.41) is 5.65. The molecule has 0 aliphatic heterocycles. The summed E-state index contributed by atoms with van der Waals surface area (Å²) < 4.78 is 0. The van der Waals surface area contributed by atoms with Gasteiger partial charge in [-0.1, -0.05) is 6.07 Å². The summed E-state index contributed by atoms with van der Waals surface area (Å²) in [6.07, 6.45) is 1.47. The van der Waals surface area contributed by atoms with Crippen LogP contribution in [0.3, 0.4) is 0 Å². The van der Waals surface area contributed by atoms with Gasteiger partial charge in [-0.25, -0.2) is 0 Å². The number of carbonyl (C=O) groups excluding carboxylic acids is 2. The largest absolute Gasteiger partial charge is 0.351 e. The molecule has 2 rings (SSSR count). The fourth-order valence-electron chi connectivity index (χ4n) is 2.43. The molecule has 25 heavy (non-hydrogen) atoms. The van der Waals surface area contributed by atoms with Crippen LogP contribution in [0.5, 0.6) is 0 Å². The van der Waals surface area contributed by atoms with Crippen molar-refractivity contribution in [3.63, 3.8) is 0 Å². The number of likely N-dealkylation sites (N-methyl/N-ethyl adjacent to an activating group) is 1. The lowest BCUT2D eigenvalue weighted by molar-refractivity contribution is 0.0951. The van der Waals surface area contributed by atoms with E-state index in [1.807, 2.05) is 51.0 Å². The van der Waals surface area contributed by atoms with Gasteiger partial charge in [-0.2, -0.15) is 0 Å². The van der Waals surface area contributed by atoms with E-state index in [1.54, 1.807) is 6.07 Å². The van der Waals surface area contributed by atoms with Crippen molar-refractivity contribution in [1.82, 2.24) is 15.2 Å². The molecule has 2 aromatic rings. The van der Waals surface area contributed by atoms with E-state index in [2.05, 4.69) is 15.6 Å². The molecule has 2 amide bonds. The summed E-state index contributed by atoms with van der Waals surface area (Å²) in [6, 6.07) is 8.92. The minimum Gasteiger partial charge on any atom is -0.351 e. The normalized spacial score (nSPS) is 10.6. The summed E-state index contributed by atoms with van der Waals surface area (Å²) in [5.74, 6) is -0.558. The Hall–Kier alpha value is -2.73. The molecule has 0 fully saturated rings. The molecule has 132 valence electrons. The number of hydrogen-bond acceptors (Lipinski definition) is 4. The zero-order valence-electron chi connectivity index (χ0n) is 15.1. The van der Waals surface area contributed by atoms with Crippen molar-refractivity contribution in [2.24, 2.45) is 0 Å². The molecule has 0 bridgehead atoms. The van der Waals surface area contributed by atoms with Crippen LogP contribution >= 0.6 is 0 Å². The van der Waals surface area contributed by atoms with Crippen LogP contribution in [0.15, 0.2) is 36.5 Å². The SMILES string of the molecule is Cc1cc(C)cc(NC(=O)c2cc(C(=O)NCCN(C)C)ccn2)c1. The number of nitrogens with zero attached hydrogens (tertiary/aromatic N) is 2. The fraction of sp³-hybridized carbons (Fsp3) is 0.316. The molecule has 0 radical (unpaired) electrons. The van der Waals surface area contributed by atoms with Gasteiger partial charge in [-0.05, 0) is 63.3 Å². The molecule has 2 N–H and O–H groups in total. The second-order valence-electron chi connectivity index (χ2n) is 6.32. The average molecular weight is 340 g/mol. The van der Waals surface area contributed by atoms with Crippen LogP contribution in [0.1, 0.15) is 32.0 Å². The van der Waals surface area contributed by atoms with Crippen molar-refractivity contribution >= 4 is 17.5 Å². The molecule has 1 aromatic carbocycles.